The van der Waals surface area contributed by atoms with Gasteiger partial charge < -0.3 is 4.74 Å². The quantitative estimate of drug-likeness (QED) is 0.0874. The van der Waals surface area contributed by atoms with E-state index in [-0.39, 0.29) is 11.8 Å². The third kappa shape index (κ3) is 11.7. The number of esters is 1. The van der Waals surface area contributed by atoms with Crippen molar-refractivity contribution in [2.75, 3.05) is 0 Å². The number of Topliss-reactive ketones (excluding diaryl/α,β-unsaturated/α-hetero) is 1. The minimum Gasteiger partial charge on any atom is -0.426 e. The molecule has 1 unspecified atom stereocenters. The maximum atomic E-state index is 13.1. The zero-order valence-corrected chi connectivity index (χ0v) is 22.1. The fourth-order valence-electron chi connectivity index (χ4n) is 4.74. The molecule has 0 spiro atoms. The van der Waals surface area contributed by atoms with Gasteiger partial charge in [-0.2, -0.15) is 0 Å². The van der Waals surface area contributed by atoms with Gasteiger partial charge in [0.2, 0.25) is 0 Å². The molecule has 0 radical (unpaired) electrons. The molecule has 0 saturated carbocycles. The average Bonchev–Trinajstić information content (AvgIpc) is 2.87. The summed E-state index contributed by atoms with van der Waals surface area (Å²) in [5.41, 5.74) is 1.41. The predicted molar refractivity (Wildman–Crippen MR) is 146 cm³/mol. The molecule has 0 aromatic heterocycles. The highest BCUT2D eigenvalue weighted by Gasteiger charge is 2.26. The number of carbonyl (C=O) groups is 2. The first-order valence-corrected chi connectivity index (χ1v) is 14.0. The molecular formula is C32H46O3. The molecule has 2 rings (SSSR count). The third-order valence-electron chi connectivity index (χ3n) is 6.81. The van der Waals surface area contributed by atoms with Crippen LogP contribution < -0.4 is 4.74 Å². The van der Waals surface area contributed by atoms with E-state index >= 15 is 0 Å². The Balaban J connectivity index is 1.73. The number of hydrogen-bond acceptors (Lipinski definition) is 3. The molecule has 0 amide bonds. The van der Waals surface area contributed by atoms with Crippen LogP contribution in [0.5, 0.6) is 5.75 Å². The van der Waals surface area contributed by atoms with Gasteiger partial charge in [0.1, 0.15) is 5.75 Å². The number of unbranched alkanes of at least 4 members (excludes halogenated alkanes) is 13. The lowest BCUT2D eigenvalue weighted by Gasteiger charge is -2.19. The second-order valence-electron chi connectivity index (χ2n) is 9.82. The molecule has 0 fully saturated rings. The monoisotopic (exact) mass is 478 g/mol. The lowest BCUT2D eigenvalue weighted by atomic mass is 9.88. The molecular weight excluding hydrogens is 432 g/mol. The smallest absolute Gasteiger partial charge is 0.318 e. The summed E-state index contributed by atoms with van der Waals surface area (Å²) in [5, 5.41) is 0. The lowest BCUT2D eigenvalue weighted by molar-refractivity contribution is -0.136. The number of benzene rings is 2. The molecule has 0 aliphatic rings. The van der Waals surface area contributed by atoms with Gasteiger partial charge in [-0.05, 0) is 31.0 Å². The van der Waals surface area contributed by atoms with E-state index in [1.807, 2.05) is 42.5 Å². The van der Waals surface area contributed by atoms with Crippen LogP contribution in [0.15, 0.2) is 54.6 Å². The summed E-state index contributed by atoms with van der Waals surface area (Å²) in [5.74, 6) is -0.171. The molecule has 3 nitrogen and oxygen atoms in total. The summed E-state index contributed by atoms with van der Waals surface area (Å²) in [4.78, 5) is 25.3. The van der Waals surface area contributed by atoms with E-state index in [0.717, 1.165) is 18.4 Å². The van der Waals surface area contributed by atoms with Crippen LogP contribution in [0.25, 0.3) is 0 Å². The van der Waals surface area contributed by atoms with Gasteiger partial charge in [0.05, 0.1) is 5.92 Å². The molecule has 1 atom stereocenters. The maximum Gasteiger partial charge on any atom is 0.318 e. The van der Waals surface area contributed by atoms with E-state index in [9.17, 15) is 9.59 Å². The van der Waals surface area contributed by atoms with E-state index in [0.29, 0.717) is 17.7 Å². The second-order valence-corrected chi connectivity index (χ2v) is 9.82. The van der Waals surface area contributed by atoms with Crippen LogP contribution in [-0.4, -0.2) is 11.8 Å². The third-order valence-corrected chi connectivity index (χ3v) is 6.81. The summed E-state index contributed by atoms with van der Waals surface area (Å²) < 4.78 is 5.69. The van der Waals surface area contributed by atoms with Crippen LogP contribution in [0.3, 0.4) is 0 Å². The fraction of sp³-hybridized carbons (Fsp3) is 0.562. The summed E-state index contributed by atoms with van der Waals surface area (Å²) in [6.07, 6.45) is 18.9. The average molecular weight is 479 g/mol. The first-order chi connectivity index (χ1) is 17.1. The van der Waals surface area contributed by atoms with Crippen LogP contribution in [0.1, 0.15) is 132 Å². The number of carbonyl (C=O) groups excluding carboxylic acids is 2. The van der Waals surface area contributed by atoms with E-state index in [1.54, 1.807) is 19.1 Å². The first kappa shape index (κ1) is 28.8. The number of ketones is 1. The number of hydrogen-bond donors (Lipinski definition) is 0. The Morgan fingerprint density at radius 1 is 0.657 bits per heavy atom. The van der Waals surface area contributed by atoms with Crippen molar-refractivity contribution >= 4 is 11.8 Å². The van der Waals surface area contributed by atoms with Gasteiger partial charge in [-0.3, -0.25) is 9.59 Å². The summed E-state index contributed by atoms with van der Waals surface area (Å²) in [7, 11) is 0. The predicted octanol–water partition coefficient (Wildman–Crippen LogP) is 9.45. The Labute approximate surface area is 213 Å². The number of rotatable bonds is 19. The fourth-order valence-corrected chi connectivity index (χ4v) is 4.74. The molecule has 0 heterocycles. The van der Waals surface area contributed by atoms with Crippen molar-refractivity contribution in [1.82, 2.24) is 0 Å². The van der Waals surface area contributed by atoms with Crippen molar-refractivity contribution in [3.8, 4) is 5.75 Å². The first-order valence-electron chi connectivity index (χ1n) is 14.0. The SMILES string of the molecule is CCCCCCCCCCCCCCCCC(C(=O)Oc1ccccc1)c1ccccc1C(C)=O. The Hall–Kier alpha value is -2.42. The van der Waals surface area contributed by atoms with Crippen LogP contribution in [0.4, 0.5) is 0 Å². The highest BCUT2D eigenvalue weighted by Crippen LogP contribution is 2.29. The largest absolute Gasteiger partial charge is 0.426 e. The van der Waals surface area contributed by atoms with Gasteiger partial charge in [0, 0.05) is 5.56 Å². The topological polar surface area (TPSA) is 43.4 Å². The number of ether oxygens (including phenoxy) is 1. The lowest BCUT2D eigenvalue weighted by Crippen LogP contribution is -2.21. The van der Waals surface area contributed by atoms with Gasteiger partial charge in [0.25, 0.3) is 0 Å². The van der Waals surface area contributed by atoms with E-state index < -0.39 is 5.92 Å². The Bertz CT molecular complexity index is 843. The zero-order chi connectivity index (χ0) is 25.1. The zero-order valence-electron chi connectivity index (χ0n) is 22.1. The molecule has 35 heavy (non-hydrogen) atoms. The standard InChI is InChI=1S/C32H46O3/c1-3-4-5-6-7-8-9-10-11-12-13-14-15-19-26-31(30-25-21-20-24-29(30)27(2)33)32(34)35-28-22-17-16-18-23-28/h16-18,20-25,31H,3-15,19,26H2,1-2H3. The van der Waals surface area contributed by atoms with Crippen molar-refractivity contribution in [2.45, 2.75) is 116 Å². The van der Waals surface area contributed by atoms with Crippen LogP contribution in [-0.2, 0) is 4.79 Å². The Kier molecular flexibility index (Phi) is 14.8. The van der Waals surface area contributed by atoms with E-state index in [1.165, 1.54) is 77.0 Å². The highest BCUT2D eigenvalue weighted by atomic mass is 16.5. The van der Waals surface area contributed by atoms with Crippen molar-refractivity contribution < 1.29 is 14.3 Å². The highest BCUT2D eigenvalue weighted by molar-refractivity contribution is 5.97. The van der Waals surface area contributed by atoms with Crippen LogP contribution in [0.2, 0.25) is 0 Å². The van der Waals surface area contributed by atoms with Gasteiger partial charge in [-0.15, -0.1) is 0 Å². The Morgan fingerprint density at radius 3 is 1.69 bits per heavy atom. The van der Waals surface area contributed by atoms with Crippen LogP contribution in [0, 0.1) is 0 Å². The normalized spacial score (nSPS) is 11.8. The maximum absolute atomic E-state index is 13.1. The van der Waals surface area contributed by atoms with Crippen LogP contribution >= 0.6 is 0 Å². The number of para-hydroxylation sites is 1. The summed E-state index contributed by atoms with van der Waals surface area (Å²) in [6, 6.07) is 16.7. The minimum absolute atomic E-state index is 0.0147. The molecule has 3 heteroatoms. The summed E-state index contributed by atoms with van der Waals surface area (Å²) in [6.45, 7) is 3.83. The van der Waals surface area contributed by atoms with Gasteiger partial charge in [0.15, 0.2) is 5.78 Å². The van der Waals surface area contributed by atoms with Crippen molar-refractivity contribution in [3.05, 3.63) is 65.7 Å². The molecule has 0 saturated heterocycles. The second kappa shape index (κ2) is 17.9. The van der Waals surface area contributed by atoms with E-state index in [4.69, 9.17) is 4.74 Å². The molecule has 0 aliphatic heterocycles. The minimum atomic E-state index is -0.423. The van der Waals surface area contributed by atoms with Crippen molar-refractivity contribution in [2.24, 2.45) is 0 Å². The molecule has 192 valence electrons. The van der Waals surface area contributed by atoms with Gasteiger partial charge in [-0.1, -0.05) is 139 Å². The van der Waals surface area contributed by atoms with E-state index in [2.05, 4.69) is 6.92 Å². The molecule has 0 N–H and O–H groups in total. The van der Waals surface area contributed by atoms with Crippen molar-refractivity contribution in [1.29, 1.82) is 0 Å². The summed E-state index contributed by atoms with van der Waals surface area (Å²) >= 11 is 0. The van der Waals surface area contributed by atoms with Crippen molar-refractivity contribution in [3.63, 3.8) is 0 Å². The molecule has 0 bridgehead atoms. The molecule has 2 aromatic rings. The molecule has 0 aliphatic carbocycles. The van der Waals surface area contributed by atoms with Gasteiger partial charge in [-0.25, -0.2) is 0 Å². The van der Waals surface area contributed by atoms with Gasteiger partial charge >= 0.3 is 5.97 Å². The Morgan fingerprint density at radius 2 is 1.14 bits per heavy atom. The molecule has 2 aromatic carbocycles.